The zero-order chi connectivity index (χ0) is 10.6. The van der Waals surface area contributed by atoms with Gasteiger partial charge >= 0.3 is 0 Å². The van der Waals surface area contributed by atoms with Gasteiger partial charge in [-0.15, -0.1) is 0 Å². The van der Waals surface area contributed by atoms with Gasteiger partial charge < -0.3 is 10.6 Å². The number of hydrogen-bond acceptors (Lipinski definition) is 2. The second kappa shape index (κ2) is 5.71. The summed E-state index contributed by atoms with van der Waals surface area (Å²) in [5, 5.41) is 0.795. The average Bonchev–Trinajstić information content (AvgIpc) is 2.10. The van der Waals surface area contributed by atoms with E-state index in [0.717, 1.165) is 28.1 Å². The number of benzene rings is 1. The van der Waals surface area contributed by atoms with Crippen molar-refractivity contribution in [1.82, 2.24) is 4.90 Å². The summed E-state index contributed by atoms with van der Waals surface area (Å²) in [4.78, 5) is 2.15. The topological polar surface area (TPSA) is 29.3 Å². The number of likely N-dealkylation sites (N-methyl/N-ethyl adjacent to an activating group) is 1. The molecule has 2 N–H and O–H groups in total. The van der Waals surface area contributed by atoms with E-state index in [-0.39, 0.29) is 0 Å². The first kappa shape index (κ1) is 12.0. The van der Waals surface area contributed by atoms with Crippen molar-refractivity contribution in [3.05, 3.63) is 33.3 Å². The van der Waals surface area contributed by atoms with Gasteiger partial charge in [0.05, 0.1) is 0 Å². The molecule has 0 bridgehead atoms. The summed E-state index contributed by atoms with van der Waals surface area (Å²) >= 11 is 9.46. The van der Waals surface area contributed by atoms with Crippen LogP contribution in [0.1, 0.15) is 5.56 Å². The predicted molar refractivity (Wildman–Crippen MR) is 64.5 cm³/mol. The summed E-state index contributed by atoms with van der Waals surface area (Å²) in [7, 11) is 2.03. The number of halogens is 2. The molecule has 2 nitrogen and oxygen atoms in total. The van der Waals surface area contributed by atoms with Crippen LogP contribution in [-0.2, 0) is 6.54 Å². The van der Waals surface area contributed by atoms with Crippen molar-refractivity contribution in [3.8, 4) is 0 Å². The highest BCUT2D eigenvalue weighted by Gasteiger charge is 2.03. The minimum Gasteiger partial charge on any atom is -0.329 e. The Morgan fingerprint density at radius 2 is 2.21 bits per heavy atom. The molecule has 0 amide bonds. The van der Waals surface area contributed by atoms with E-state index < -0.39 is 0 Å². The first-order chi connectivity index (χ1) is 6.63. The molecule has 0 spiro atoms. The van der Waals surface area contributed by atoms with E-state index in [4.69, 9.17) is 17.3 Å². The standard InChI is InChI=1S/C10H14BrClN2/c1-14(5-4-13)7-8-2-3-9(11)6-10(8)12/h2-3,6H,4-5,7,13H2,1H3. The molecule has 14 heavy (non-hydrogen) atoms. The molecule has 0 aliphatic carbocycles. The fourth-order valence-corrected chi connectivity index (χ4v) is 1.97. The molecule has 1 aromatic carbocycles. The van der Waals surface area contributed by atoms with Crippen LogP contribution in [0.25, 0.3) is 0 Å². The number of nitrogens with zero attached hydrogens (tertiary/aromatic N) is 1. The van der Waals surface area contributed by atoms with Crippen molar-refractivity contribution in [2.45, 2.75) is 6.54 Å². The van der Waals surface area contributed by atoms with E-state index in [1.54, 1.807) is 0 Å². The Hall–Kier alpha value is -0.0900. The maximum Gasteiger partial charge on any atom is 0.0462 e. The zero-order valence-corrected chi connectivity index (χ0v) is 10.5. The van der Waals surface area contributed by atoms with Crippen LogP contribution in [0.4, 0.5) is 0 Å². The van der Waals surface area contributed by atoms with Gasteiger partial charge in [0.2, 0.25) is 0 Å². The van der Waals surface area contributed by atoms with Crippen LogP contribution < -0.4 is 5.73 Å². The molecule has 0 aliphatic heterocycles. The van der Waals surface area contributed by atoms with Crippen LogP contribution in [0.2, 0.25) is 5.02 Å². The molecule has 0 fully saturated rings. The minimum absolute atomic E-state index is 0.671. The van der Waals surface area contributed by atoms with Crippen molar-refractivity contribution in [1.29, 1.82) is 0 Å². The second-order valence-electron chi connectivity index (χ2n) is 3.26. The lowest BCUT2D eigenvalue weighted by Crippen LogP contribution is -2.25. The first-order valence-corrected chi connectivity index (χ1v) is 5.63. The maximum atomic E-state index is 6.09. The van der Waals surface area contributed by atoms with Gasteiger partial charge in [0.1, 0.15) is 0 Å². The summed E-state index contributed by atoms with van der Waals surface area (Å²) in [5.74, 6) is 0. The Bertz CT molecular complexity index is 304. The molecule has 0 aliphatic rings. The fourth-order valence-electron chi connectivity index (χ4n) is 1.24. The number of nitrogens with two attached hydrogens (primary N) is 1. The van der Waals surface area contributed by atoms with Gasteiger partial charge in [-0.2, -0.15) is 0 Å². The molecule has 0 radical (unpaired) electrons. The molecule has 0 aromatic heterocycles. The molecular formula is C10H14BrClN2. The molecule has 78 valence electrons. The quantitative estimate of drug-likeness (QED) is 0.916. The highest BCUT2D eigenvalue weighted by Crippen LogP contribution is 2.22. The first-order valence-electron chi connectivity index (χ1n) is 4.46. The highest BCUT2D eigenvalue weighted by atomic mass is 79.9. The summed E-state index contributed by atoms with van der Waals surface area (Å²) in [6.07, 6.45) is 0. The Morgan fingerprint density at radius 3 is 2.79 bits per heavy atom. The van der Waals surface area contributed by atoms with Crippen LogP contribution >= 0.6 is 27.5 Å². The Balaban J connectivity index is 2.67. The van der Waals surface area contributed by atoms with Crippen molar-refractivity contribution >= 4 is 27.5 Å². The summed E-state index contributed by atoms with van der Waals surface area (Å²) < 4.78 is 1.01. The third-order valence-electron chi connectivity index (χ3n) is 1.97. The van der Waals surface area contributed by atoms with Gasteiger partial charge in [-0.1, -0.05) is 33.6 Å². The van der Waals surface area contributed by atoms with Crippen LogP contribution in [0.5, 0.6) is 0 Å². The van der Waals surface area contributed by atoms with Crippen LogP contribution in [-0.4, -0.2) is 25.0 Å². The van der Waals surface area contributed by atoms with Crippen molar-refractivity contribution in [2.75, 3.05) is 20.1 Å². The van der Waals surface area contributed by atoms with Gasteiger partial charge in [0.15, 0.2) is 0 Å². The SMILES string of the molecule is CN(CCN)Cc1ccc(Br)cc1Cl. The number of hydrogen-bond donors (Lipinski definition) is 1. The van der Waals surface area contributed by atoms with E-state index >= 15 is 0 Å². The fraction of sp³-hybridized carbons (Fsp3) is 0.400. The Labute approximate surface area is 98.2 Å². The lowest BCUT2D eigenvalue weighted by atomic mass is 10.2. The molecule has 1 rings (SSSR count). The van der Waals surface area contributed by atoms with E-state index in [1.165, 1.54) is 0 Å². The van der Waals surface area contributed by atoms with Crippen LogP contribution in [0.15, 0.2) is 22.7 Å². The van der Waals surface area contributed by atoms with Crippen molar-refractivity contribution in [2.24, 2.45) is 5.73 Å². The minimum atomic E-state index is 0.671. The van der Waals surface area contributed by atoms with E-state index in [1.807, 2.05) is 25.2 Å². The third kappa shape index (κ3) is 3.58. The largest absolute Gasteiger partial charge is 0.329 e. The van der Waals surface area contributed by atoms with Gasteiger partial charge in [-0.3, -0.25) is 0 Å². The third-order valence-corrected chi connectivity index (χ3v) is 2.81. The summed E-state index contributed by atoms with van der Waals surface area (Å²) in [6.45, 7) is 2.39. The van der Waals surface area contributed by atoms with Crippen molar-refractivity contribution in [3.63, 3.8) is 0 Å². The molecule has 0 unspecified atom stereocenters. The predicted octanol–water partition coefficient (Wildman–Crippen LogP) is 2.49. The van der Waals surface area contributed by atoms with Gasteiger partial charge in [-0.05, 0) is 24.7 Å². The molecular weight excluding hydrogens is 263 g/mol. The van der Waals surface area contributed by atoms with Crippen LogP contribution in [0.3, 0.4) is 0 Å². The average molecular weight is 278 g/mol. The highest BCUT2D eigenvalue weighted by molar-refractivity contribution is 9.10. The second-order valence-corrected chi connectivity index (χ2v) is 4.59. The van der Waals surface area contributed by atoms with Gasteiger partial charge in [-0.25, -0.2) is 0 Å². The zero-order valence-electron chi connectivity index (χ0n) is 8.13. The van der Waals surface area contributed by atoms with Gasteiger partial charge in [0.25, 0.3) is 0 Å². The lowest BCUT2D eigenvalue weighted by molar-refractivity contribution is 0.336. The van der Waals surface area contributed by atoms with Crippen LogP contribution in [0, 0.1) is 0 Å². The van der Waals surface area contributed by atoms with E-state index in [0.29, 0.717) is 6.54 Å². The molecule has 0 saturated heterocycles. The lowest BCUT2D eigenvalue weighted by Gasteiger charge is -2.16. The summed E-state index contributed by atoms with van der Waals surface area (Å²) in [6, 6.07) is 5.93. The molecule has 4 heteroatoms. The monoisotopic (exact) mass is 276 g/mol. The van der Waals surface area contributed by atoms with E-state index in [9.17, 15) is 0 Å². The smallest absolute Gasteiger partial charge is 0.0462 e. The van der Waals surface area contributed by atoms with Gasteiger partial charge in [0, 0.05) is 29.1 Å². The molecule has 0 saturated carbocycles. The molecule has 0 atom stereocenters. The number of rotatable bonds is 4. The van der Waals surface area contributed by atoms with E-state index in [2.05, 4.69) is 20.8 Å². The molecule has 0 heterocycles. The molecule has 1 aromatic rings. The van der Waals surface area contributed by atoms with Crippen molar-refractivity contribution < 1.29 is 0 Å². The summed E-state index contributed by atoms with van der Waals surface area (Å²) in [5.41, 5.74) is 6.59. The maximum absolute atomic E-state index is 6.09. The Morgan fingerprint density at radius 1 is 1.50 bits per heavy atom. The normalized spacial score (nSPS) is 10.9. The Kier molecular flexibility index (Phi) is 4.89.